The van der Waals surface area contributed by atoms with Crippen molar-refractivity contribution in [2.24, 2.45) is 0 Å². The molecule has 4 rings (SSSR count). The molecule has 2 saturated heterocycles. The number of ether oxygens (including phenoxy) is 3. The Kier molecular flexibility index (Phi) is 2.18. The van der Waals surface area contributed by atoms with Crippen LogP contribution in [0.5, 0.6) is 5.75 Å². The Morgan fingerprint density at radius 1 is 1.33 bits per heavy atom. The van der Waals surface area contributed by atoms with Crippen LogP contribution in [0.3, 0.4) is 0 Å². The number of carbonyl (C=O) groups is 1. The van der Waals surface area contributed by atoms with Crippen LogP contribution in [0.1, 0.15) is 5.56 Å². The van der Waals surface area contributed by atoms with Gasteiger partial charge in [-0.2, -0.15) is 0 Å². The van der Waals surface area contributed by atoms with E-state index < -0.39 is 6.29 Å². The maximum absolute atomic E-state index is 12.1. The first-order chi connectivity index (χ1) is 8.72. The van der Waals surface area contributed by atoms with Gasteiger partial charge in [0.15, 0.2) is 6.10 Å². The first-order valence-electron chi connectivity index (χ1n) is 5.71. The van der Waals surface area contributed by atoms with Crippen LogP contribution >= 0.6 is 15.9 Å². The van der Waals surface area contributed by atoms with Crippen LogP contribution in [0, 0.1) is 0 Å². The highest BCUT2D eigenvalue weighted by molar-refractivity contribution is 9.10. The van der Waals surface area contributed by atoms with E-state index in [0.29, 0.717) is 12.2 Å². The molecule has 2 bridgehead atoms. The van der Waals surface area contributed by atoms with Gasteiger partial charge in [-0.05, 0) is 24.3 Å². The Morgan fingerprint density at radius 2 is 2.22 bits per heavy atom. The Balaban J connectivity index is 1.85. The summed E-state index contributed by atoms with van der Waals surface area (Å²) in [4.78, 5) is 12.1. The van der Waals surface area contributed by atoms with Crippen LogP contribution in [0.25, 0.3) is 6.08 Å². The quantitative estimate of drug-likeness (QED) is 0.734. The van der Waals surface area contributed by atoms with Gasteiger partial charge in [0, 0.05) is 15.6 Å². The topological polar surface area (TPSA) is 44.8 Å². The summed E-state index contributed by atoms with van der Waals surface area (Å²) in [6.07, 6.45) is 0.615. The van der Waals surface area contributed by atoms with Gasteiger partial charge < -0.3 is 14.2 Å². The lowest BCUT2D eigenvalue weighted by atomic mass is 9.93. The van der Waals surface area contributed by atoms with E-state index in [9.17, 15) is 4.79 Å². The normalized spacial score (nSPS) is 32.4. The first-order valence-corrected chi connectivity index (χ1v) is 6.51. The van der Waals surface area contributed by atoms with Gasteiger partial charge in [0.05, 0.1) is 6.61 Å². The lowest BCUT2D eigenvalue weighted by Crippen LogP contribution is -2.45. The van der Waals surface area contributed by atoms with Crippen LogP contribution in [0.4, 0.5) is 0 Å². The summed E-state index contributed by atoms with van der Waals surface area (Å²) in [5.74, 6) is 0.646. The maximum atomic E-state index is 12.1. The fourth-order valence-electron chi connectivity index (χ4n) is 2.53. The smallest absolute Gasteiger partial charge is 0.223 e. The molecular weight excluding hydrogens is 300 g/mol. The van der Waals surface area contributed by atoms with Crippen molar-refractivity contribution >= 4 is 27.8 Å². The standard InChI is InChI=1S/C13H9BrO4/c14-7-1-2-9-6(3-7)4-8-11(15)13-16-5-10(18-13)12(8)17-9/h1-4,10,12-13H,5H2/t10-,12+,13-/m1/s1. The van der Waals surface area contributed by atoms with E-state index in [4.69, 9.17) is 14.2 Å². The molecule has 4 nitrogen and oxygen atoms in total. The SMILES string of the molecule is O=C1C2=Cc3cc(Br)ccc3O[C@@H]2[C@H]2CO[C@@H]1O2. The predicted molar refractivity (Wildman–Crippen MR) is 66.2 cm³/mol. The molecule has 1 aromatic carbocycles. The van der Waals surface area contributed by atoms with Gasteiger partial charge >= 0.3 is 0 Å². The maximum Gasteiger partial charge on any atom is 0.223 e. The van der Waals surface area contributed by atoms with Crippen molar-refractivity contribution in [3.05, 3.63) is 33.8 Å². The molecule has 0 aliphatic carbocycles. The summed E-state index contributed by atoms with van der Waals surface area (Å²) in [6, 6.07) is 5.74. The number of fused-ring (bicyclic) bond motifs is 5. The van der Waals surface area contributed by atoms with Gasteiger partial charge in [0.1, 0.15) is 11.9 Å². The predicted octanol–water partition coefficient (Wildman–Crippen LogP) is 1.92. The highest BCUT2D eigenvalue weighted by Crippen LogP contribution is 2.39. The van der Waals surface area contributed by atoms with E-state index in [-0.39, 0.29) is 18.0 Å². The largest absolute Gasteiger partial charge is 0.482 e. The van der Waals surface area contributed by atoms with Gasteiger partial charge in [-0.25, -0.2) is 0 Å². The summed E-state index contributed by atoms with van der Waals surface area (Å²) in [5.41, 5.74) is 1.56. The number of carbonyl (C=O) groups excluding carboxylic acids is 1. The number of hydrogen-bond donors (Lipinski definition) is 0. The molecule has 0 spiro atoms. The van der Waals surface area contributed by atoms with Gasteiger partial charge in [0.2, 0.25) is 12.1 Å². The second kappa shape index (κ2) is 3.66. The minimum absolute atomic E-state index is 0.126. The Morgan fingerprint density at radius 3 is 3.11 bits per heavy atom. The lowest BCUT2D eigenvalue weighted by molar-refractivity contribution is -0.151. The number of rotatable bonds is 0. The van der Waals surface area contributed by atoms with Gasteiger partial charge in [0.25, 0.3) is 0 Å². The molecule has 3 aliphatic rings. The Labute approximate surface area is 112 Å². The molecule has 2 fully saturated rings. The third-order valence-corrected chi connectivity index (χ3v) is 3.88. The second-order valence-corrected chi connectivity index (χ2v) is 5.44. The number of ketones is 1. The average Bonchev–Trinajstić information content (AvgIpc) is 2.81. The zero-order valence-electron chi connectivity index (χ0n) is 9.26. The summed E-state index contributed by atoms with van der Waals surface area (Å²) in [5, 5.41) is 0. The van der Waals surface area contributed by atoms with Crippen LogP contribution in [-0.2, 0) is 14.3 Å². The van der Waals surface area contributed by atoms with E-state index >= 15 is 0 Å². The van der Waals surface area contributed by atoms with Gasteiger partial charge in [-0.3, -0.25) is 4.79 Å². The van der Waals surface area contributed by atoms with Gasteiger partial charge in [-0.15, -0.1) is 0 Å². The molecule has 18 heavy (non-hydrogen) atoms. The number of hydrogen-bond acceptors (Lipinski definition) is 4. The first kappa shape index (κ1) is 10.7. The summed E-state index contributed by atoms with van der Waals surface area (Å²) in [7, 11) is 0. The van der Waals surface area contributed by atoms with Crippen molar-refractivity contribution in [3.63, 3.8) is 0 Å². The molecule has 3 atom stereocenters. The molecule has 3 heterocycles. The summed E-state index contributed by atoms with van der Waals surface area (Å²) >= 11 is 3.41. The van der Waals surface area contributed by atoms with Crippen LogP contribution in [0.15, 0.2) is 28.2 Å². The van der Waals surface area contributed by atoms with Gasteiger partial charge in [-0.1, -0.05) is 15.9 Å². The highest BCUT2D eigenvalue weighted by Gasteiger charge is 2.49. The number of halogens is 1. The zero-order chi connectivity index (χ0) is 12.3. The van der Waals surface area contributed by atoms with Crippen molar-refractivity contribution in [1.29, 1.82) is 0 Å². The van der Waals surface area contributed by atoms with Crippen molar-refractivity contribution in [3.8, 4) is 5.75 Å². The van der Waals surface area contributed by atoms with Crippen LogP contribution in [0.2, 0.25) is 0 Å². The fourth-order valence-corrected chi connectivity index (χ4v) is 2.91. The lowest BCUT2D eigenvalue weighted by Gasteiger charge is -2.32. The summed E-state index contributed by atoms with van der Waals surface area (Å²) in [6.45, 7) is 0.407. The van der Waals surface area contributed by atoms with Crippen LogP contribution < -0.4 is 4.74 Å². The number of Topliss-reactive ketones (excluding diaryl/α,β-unsaturated/α-hetero) is 1. The molecule has 92 valence electrons. The second-order valence-electron chi connectivity index (χ2n) is 4.52. The molecular formula is C13H9BrO4. The van der Waals surface area contributed by atoms with E-state index in [2.05, 4.69) is 15.9 Å². The average molecular weight is 309 g/mol. The highest BCUT2D eigenvalue weighted by atomic mass is 79.9. The molecule has 0 amide bonds. The number of benzene rings is 1. The molecule has 3 aliphatic heterocycles. The molecule has 0 N–H and O–H groups in total. The van der Waals surface area contributed by atoms with Crippen molar-refractivity contribution in [2.75, 3.05) is 6.61 Å². The molecule has 0 unspecified atom stereocenters. The molecule has 1 aromatic rings. The zero-order valence-corrected chi connectivity index (χ0v) is 10.8. The summed E-state index contributed by atoms with van der Waals surface area (Å²) < 4.78 is 17.6. The third kappa shape index (κ3) is 1.41. The van der Waals surface area contributed by atoms with E-state index in [1.54, 1.807) is 0 Å². The molecule has 5 heteroatoms. The minimum Gasteiger partial charge on any atom is -0.482 e. The molecule has 0 aromatic heterocycles. The van der Waals surface area contributed by atoms with Crippen LogP contribution in [-0.4, -0.2) is 30.9 Å². The van der Waals surface area contributed by atoms with Crippen molar-refractivity contribution in [2.45, 2.75) is 18.5 Å². The van der Waals surface area contributed by atoms with E-state index in [1.807, 2.05) is 24.3 Å². The van der Waals surface area contributed by atoms with Crippen molar-refractivity contribution < 1.29 is 19.0 Å². The molecule has 0 saturated carbocycles. The van der Waals surface area contributed by atoms with E-state index in [0.717, 1.165) is 15.8 Å². The third-order valence-electron chi connectivity index (χ3n) is 3.39. The van der Waals surface area contributed by atoms with E-state index in [1.165, 1.54) is 0 Å². The minimum atomic E-state index is -0.741. The van der Waals surface area contributed by atoms with Crippen molar-refractivity contribution in [1.82, 2.24) is 0 Å². The molecule has 0 radical (unpaired) electrons. The monoisotopic (exact) mass is 308 g/mol. The Bertz CT molecular complexity index is 580. The fraction of sp³-hybridized carbons (Fsp3) is 0.308. The Hall–Kier alpha value is -1.17.